The molecule has 0 aliphatic carbocycles. The summed E-state index contributed by atoms with van der Waals surface area (Å²) in [6.45, 7) is 3.46. The number of benzene rings is 1. The van der Waals surface area contributed by atoms with Crippen molar-refractivity contribution in [2.24, 2.45) is 0 Å². The van der Waals surface area contributed by atoms with Crippen LogP contribution in [0.15, 0.2) is 18.2 Å². The average molecular weight is 292 g/mol. The second-order valence-electron chi connectivity index (χ2n) is 5.35. The van der Waals surface area contributed by atoms with Gasteiger partial charge in [-0.3, -0.25) is 14.9 Å². The van der Waals surface area contributed by atoms with Crippen molar-refractivity contribution in [1.82, 2.24) is 10.2 Å². The van der Waals surface area contributed by atoms with Gasteiger partial charge in [-0.15, -0.1) is 0 Å². The Kier molecular flexibility index (Phi) is 4.42. The van der Waals surface area contributed by atoms with E-state index in [1.807, 2.05) is 4.90 Å². The number of nitrogens with zero attached hydrogens (tertiary/aromatic N) is 3. The van der Waals surface area contributed by atoms with Gasteiger partial charge >= 0.3 is 0 Å². The minimum absolute atomic E-state index is 0.0574. The number of anilines is 1. The van der Waals surface area contributed by atoms with Crippen LogP contribution in [0.3, 0.4) is 0 Å². The Hall–Kier alpha value is -2.15. The zero-order valence-corrected chi connectivity index (χ0v) is 12.5. The largest absolute Gasteiger partial charge is 0.352 e. The molecule has 21 heavy (non-hydrogen) atoms. The number of nitro groups is 1. The first-order valence-corrected chi connectivity index (χ1v) is 6.86. The molecule has 7 nitrogen and oxygen atoms in total. The molecule has 1 heterocycles. The van der Waals surface area contributed by atoms with Crippen LogP contribution in [-0.2, 0) is 4.79 Å². The van der Waals surface area contributed by atoms with Gasteiger partial charge in [0.05, 0.1) is 4.92 Å². The molecule has 1 aromatic rings. The summed E-state index contributed by atoms with van der Waals surface area (Å²) in [6.07, 6.45) is 0. The SMILES string of the molecule is Cc1cccc(N2CCNCC2C(=O)N(C)C)c1[N+](=O)[O-]. The van der Waals surface area contributed by atoms with Crippen molar-refractivity contribution in [3.8, 4) is 0 Å². The van der Waals surface area contributed by atoms with Gasteiger partial charge in [-0.25, -0.2) is 0 Å². The van der Waals surface area contributed by atoms with Crippen molar-refractivity contribution in [1.29, 1.82) is 0 Å². The standard InChI is InChI=1S/C14H20N4O3/c1-10-5-4-6-11(13(10)18(20)21)17-8-7-15-9-12(17)14(19)16(2)3/h4-6,12,15H,7-9H2,1-3H3. The zero-order chi connectivity index (χ0) is 15.6. The number of aryl methyl sites for hydroxylation is 1. The van der Waals surface area contributed by atoms with Gasteiger partial charge in [-0.2, -0.15) is 0 Å². The summed E-state index contributed by atoms with van der Waals surface area (Å²) in [5, 5.41) is 14.5. The molecule has 0 bridgehead atoms. The van der Waals surface area contributed by atoms with Crippen molar-refractivity contribution in [2.75, 3.05) is 38.6 Å². The van der Waals surface area contributed by atoms with E-state index in [0.717, 1.165) is 0 Å². The van der Waals surface area contributed by atoms with Crippen LogP contribution in [0.25, 0.3) is 0 Å². The van der Waals surface area contributed by atoms with Crippen molar-refractivity contribution < 1.29 is 9.72 Å². The van der Waals surface area contributed by atoms with Crippen molar-refractivity contribution in [3.63, 3.8) is 0 Å². The smallest absolute Gasteiger partial charge is 0.295 e. The lowest BCUT2D eigenvalue weighted by Crippen LogP contribution is -2.58. The molecule has 1 aromatic carbocycles. The lowest BCUT2D eigenvalue weighted by atomic mass is 10.1. The predicted molar refractivity (Wildman–Crippen MR) is 80.5 cm³/mol. The molecule has 114 valence electrons. The molecule has 0 radical (unpaired) electrons. The van der Waals surface area contributed by atoms with E-state index in [2.05, 4.69) is 5.32 Å². The zero-order valence-electron chi connectivity index (χ0n) is 12.5. The molecule has 1 fully saturated rings. The van der Waals surface area contributed by atoms with E-state index in [4.69, 9.17) is 0 Å². The van der Waals surface area contributed by atoms with E-state index in [9.17, 15) is 14.9 Å². The topological polar surface area (TPSA) is 78.7 Å². The fourth-order valence-corrected chi connectivity index (χ4v) is 2.62. The normalized spacial score (nSPS) is 18.4. The molecular weight excluding hydrogens is 272 g/mol. The van der Waals surface area contributed by atoms with Gasteiger partial charge in [0, 0.05) is 39.3 Å². The minimum atomic E-state index is -0.422. The van der Waals surface area contributed by atoms with Gasteiger partial charge in [-0.05, 0) is 13.0 Å². The van der Waals surface area contributed by atoms with Crippen LogP contribution in [0.2, 0.25) is 0 Å². The monoisotopic (exact) mass is 292 g/mol. The van der Waals surface area contributed by atoms with Crippen LogP contribution in [-0.4, -0.2) is 55.5 Å². The Morgan fingerprint density at radius 1 is 1.48 bits per heavy atom. The van der Waals surface area contributed by atoms with Gasteiger partial charge in [0.15, 0.2) is 0 Å². The Morgan fingerprint density at radius 2 is 2.19 bits per heavy atom. The summed E-state index contributed by atoms with van der Waals surface area (Å²) in [5.74, 6) is -0.0574. The van der Waals surface area contributed by atoms with Crippen LogP contribution in [0.5, 0.6) is 0 Å². The van der Waals surface area contributed by atoms with E-state index in [-0.39, 0.29) is 16.5 Å². The number of carbonyl (C=O) groups is 1. The lowest BCUT2D eigenvalue weighted by Gasteiger charge is -2.37. The maximum Gasteiger partial charge on any atom is 0.295 e. The van der Waals surface area contributed by atoms with E-state index < -0.39 is 6.04 Å². The summed E-state index contributed by atoms with van der Waals surface area (Å²) in [6, 6.07) is 4.80. The number of piperazine rings is 1. The summed E-state index contributed by atoms with van der Waals surface area (Å²) < 4.78 is 0. The first-order chi connectivity index (χ1) is 9.93. The highest BCUT2D eigenvalue weighted by molar-refractivity contribution is 5.86. The quantitative estimate of drug-likeness (QED) is 0.657. The number of hydrogen-bond acceptors (Lipinski definition) is 5. The Balaban J connectivity index is 2.45. The van der Waals surface area contributed by atoms with Gasteiger partial charge in [0.25, 0.3) is 5.69 Å². The van der Waals surface area contributed by atoms with Crippen LogP contribution < -0.4 is 10.2 Å². The molecule has 0 spiro atoms. The third-order valence-electron chi connectivity index (χ3n) is 3.68. The molecular formula is C14H20N4O3. The van der Waals surface area contributed by atoms with E-state index in [0.29, 0.717) is 30.9 Å². The molecule has 1 aliphatic rings. The van der Waals surface area contributed by atoms with E-state index in [1.54, 1.807) is 39.2 Å². The fraction of sp³-hybridized carbons (Fsp3) is 0.500. The highest BCUT2D eigenvalue weighted by atomic mass is 16.6. The number of amides is 1. The maximum absolute atomic E-state index is 12.3. The molecule has 7 heteroatoms. The number of carbonyl (C=O) groups excluding carboxylic acids is 1. The molecule has 1 saturated heterocycles. The summed E-state index contributed by atoms with van der Waals surface area (Å²) in [7, 11) is 3.39. The molecule has 0 saturated carbocycles. The Bertz CT molecular complexity index is 559. The number of nitro benzene ring substituents is 1. The second-order valence-corrected chi connectivity index (χ2v) is 5.35. The molecule has 1 N–H and O–H groups in total. The van der Waals surface area contributed by atoms with Crippen molar-refractivity contribution in [3.05, 3.63) is 33.9 Å². The minimum Gasteiger partial charge on any atom is -0.352 e. The Morgan fingerprint density at radius 3 is 2.81 bits per heavy atom. The van der Waals surface area contributed by atoms with Gasteiger partial charge in [-0.1, -0.05) is 12.1 Å². The lowest BCUT2D eigenvalue weighted by molar-refractivity contribution is -0.384. The van der Waals surface area contributed by atoms with Crippen molar-refractivity contribution >= 4 is 17.3 Å². The highest BCUT2D eigenvalue weighted by Crippen LogP contribution is 2.33. The van der Waals surface area contributed by atoms with E-state index in [1.165, 1.54) is 4.90 Å². The van der Waals surface area contributed by atoms with Gasteiger partial charge in [0.2, 0.25) is 5.91 Å². The fourth-order valence-electron chi connectivity index (χ4n) is 2.62. The number of rotatable bonds is 3. The predicted octanol–water partition coefficient (Wildman–Crippen LogP) is 0.770. The number of para-hydroxylation sites is 1. The average Bonchev–Trinajstić information content (AvgIpc) is 2.45. The molecule has 0 aromatic heterocycles. The number of likely N-dealkylation sites (N-methyl/N-ethyl adjacent to an activating group) is 1. The van der Waals surface area contributed by atoms with Crippen LogP contribution in [0.1, 0.15) is 5.56 Å². The van der Waals surface area contributed by atoms with Crippen LogP contribution in [0, 0.1) is 17.0 Å². The van der Waals surface area contributed by atoms with Crippen molar-refractivity contribution in [2.45, 2.75) is 13.0 Å². The first kappa shape index (κ1) is 15.2. The molecule has 1 atom stereocenters. The molecule has 2 rings (SSSR count). The maximum atomic E-state index is 12.3. The summed E-state index contributed by atoms with van der Waals surface area (Å²) in [5.41, 5.74) is 1.20. The number of hydrogen-bond donors (Lipinski definition) is 1. The van der Waals surface area contributed by atoms with Gasteiger partial charge in [0.1, 0.15) is 11.7 Å². The Labute approximate surface area is 123 Å². The van der Waals surface area contributed by atoms with Crippen LogP contribution in [0.4, 0.5) is 11.4 Å². The first-order valence-electron chi connectivity index (χ1n) is 6.86. The third kappa shape index (κ3) is 2.97. The summed E-state index contributed by atoms with van der Waals surface area (Å²) >= 11 is 0. The molecule has 1 amide bonds. The van der Waals surface area contributed by atoms with E-state index >= 15 is 0 Å². The number of nitrogens with one attached hydrogen (secondary N) is 1. The summed E-state index contributed by atoms with van der Waals surface area (Å²) in [4.78, 5) is 26.7. The molecule has 1 unspecified atom stereocenters. The third-order valence-corrected chi connectivity index (χ3v) is 3.68. The highest BCUT2D eigenvalue weighted by Gasteiger charge is 2.33. The molecule has 1 aliphatic heterocycles. The second kappa shape index (κ2) is 6.09. The van der Waals surface area contributed by atoms with Crippen LogP contribution >= 0.6 is 0 Å². The van der Waals surface area contributed by atoms with Gasteiger partial charge < -0.3 is 15.1 Å².